The molecule has 138 valence electrons. The number of aliphatic hydroxyl groups excluding tert-OH is 1. The number of benzene rings is 1. The van der Waals surface area contributed by atoms with Crippen molar-refractivity contribution >= 4 is 5.91 Å². The number of ether oxygens (including phenoxy) is 1. The molecule has 1 aromatic carbocycles. The molecule has 3 heterocycles. The first-order valence-corrected chi connectivity index (χ1v) is 9.04. The number of β-amino-alcohol motifs (C(OH)–C–C–N with tert-alkyl or cyclic N) is 1. The molecule has 1 atom stereocenters. The van der Waals surface area contributed by atoms with Gasteiger partial charge in [-0.1, -0.05) is 12.1 Å². The minimum atomic E-state index is -0.271. The van der Waals surface area contributed by atoms with Gasteiger partial charge in [-0.3, -0.25) is 14.4 Å². The van der Waals surface area contributed by atoms with Gasteiger partial charge in [0.2, 0.25) is 0 Å². The van der Waals surface area contributed by atoms with Gasteiger partial charge in [0.15, 0.2) is 5.69 Å². The zero-order chi connectivity index (χ0) is 18.1. The van der Waals surface area contributed by atoms with Crippen molar-refractivity contribution in [2.75, 3.05) is 19.7 Å². The standard InChI is InChI=1S/C19H24N4O3/c1-22-10-15(11-23-6-4-16(24)12-23)18(21-22)19(25)20-9-13-2-3-17-14(8-13)5-7-26-17/h2-3,8,10,16,24H,4-7,9,11-12H2,1H3,(H,20,25). The summed E-state index contributed by atoms with van der Waals surface area (Å²) in [5.74, 6) is 0.775. The van der Waals surface area contributed by atoms with Crippen LogP contribution in [0.2, 0.25) is 0 Å². The number of rotatable bonds is 5. The second-order valence-electron chi connectivity index (χ2n) is 7.08. The number of nitrogens with one attached hydrogen (secondary N) is 1. The fourth-order valence-electron chi connectivity index (χ4n) is 3.66. The Morgan fingerprint density at radius 2 is 2.35 bits per heavy atom. The lowest BCUT2D eigenvalue weighted by molar-refractivity contribution is 0.0943. The van der Waals surface area contributed by atoms with Crippen molar-refractivity contribution in [2.45, 2.75) is 32.0 Å². The molecular weight excluding hydrogens is 332 g/mol. The number of carbonyl (C=O) groups excluding carboxylic acids is 1. The van der Waals surface area contributed by atoms with Crippen LogP contribution in [-0.4, -0.2) is 51.5 Å². The SMILES string of the molecule is Cn1cc(CN2CCC(O)C2)c(C(=O)NCc2ccc3c(c2)CCO3)n1. The van der Waals surface area contributed by atoms with E-state index in [1.54, 1.807) is 4.68 Å². The highest BCUT2D eigenvalue weighted by molar-refractivity contribution is 5.93. The normalized spacial score (nSPS) is 19.4. The van der Waals surface area contributed by atoms with Gasteiger partial charge in [-0.2, -0.15) is 5.10 Å². The zero-order valence-corrected chi connectivity index (χ0v) is 14.9. The van der Waals surface area contributed by atoms with Crippen molar-refractivity contribution in [2.24, 2.45) is 7.05 Å². The molecule has 7 nitrogen and oxygen atoms in total. The van der Waals surface area contributed by atoms with Crippen molar-refractivity contribution < 1.29 is 14.6 Å². The van der Waals surface area contributed by atoms with Gasteiger partial charge in [0.1, 0.15) is 5.75 Å². The van der Waals surface area contributed by atoms with Gasteiger partial charge in [0.05, 0.1) is 12.7 Å². The molecule has 0 bridgehead atoms. The number of aliphatic hydroxyl groups is 1. The molecular formula is C19H24N4O3. The summed E-state index contributed by atoms with van der Waals surface area (Å²) in [6, 6.07) is 6.04. The maximum absolute atomic E-state index is 12.6. The van der Waals surface area contributed by atoms with Crippen molar-refractivity contribution in [1.82, 2.24) is 20.0 Å². The summed E-state index contributed by atoms with van der Waals surface area (Å²) in [4.78, 5) is 14.8. The van der Waals surface area contributed by atoms with E-state index < -0.39 is 0 Å². The van der Waals surface area contributed by atoms with E-state index in [0.29, 0.717) is 25.3 Å². The van der Waals surface area contributed by atoms with E-state index >= 15 is 0 Å². The number of nitrogens with zero attached hydrogens (tertiary/aromatic N) is 3. The van der Waals surface area contributed by atoms with Crippen molar-refractivity contribution in [3.63, 3.8) is 0 Å². The van der Waals surface area contributed by atoms with Crippen LogP contribution >= 0.6 is 0 Å². The number of fused-ring (bicyclic) bond motifs is 1. The summed E-state index contributed by atoms with van der Waals surface area (Å²) in [6.07, 6.45) is 3.31. The molecule has 0 saturated carbocycles. The van der Waals surface area contributed by atoms with Crippen LogP contribution < -0.4 is 10.1 Å². The van der Waals surface area contributed by atoms with Crippen molar-refractivity contribution in [3.05, 3.63) is 46.8 Å². The molecule has 1 amide bonds. The predicted molar refractivity (Wildman–Crippen MR) is 95.9 cm³/mol. The van der Waals surface area contributed by atoms with Gasteiger partial charge in [0.25, 0.3) is 5.91 Å². The topological polar surface area (TPSA) is 79.6 Å². The molecule has 1 fully saturated rings. The molecule has 7 heteroatoms. The molecule has 2 aliphatic heterocycles. The van der Waals surface area contributed by atoms with E-state index in [2.05, 4.69) is 21.4 Å². The third kappa shape index (κ3) is 3.59. The summed E-state index contributed by atoms with van der Waals surface area (Å²) in [7, 11) is 1.82. The Bertz CT molecular complexity index is 817. The summed E-state index contributed by atoms with van der Waals surface area (Å²) >= 11 is 0. The molecule has 2 aromatic rings. The van der Waals surface area contributed by atoms with Crippen molar-refractivity contribution in [3.8, 4) is 5.75 Å². The molecule has 2 aliphatic rings. The van der Waals surface area contributed by atoms with Crippen LogP contribution in [0.3, 0.4) is 0 Å². The van der Waals surface area contributed by atoms with Gasteiger partial charge in [0, 0.05) is 51.4 Å². The monoisotopic (exact) mass is 356 g/mol. The Morgan fingerprint density at radius 1 is 1.46 bits per heavy atom. The zero-order valence-electron chi connectivity index (χ0n) is 14.9. The molecule has 1 saturated heterocycles. The van der Waals surface area contributed by atoms with Crippen LogP contribution in [0.1, 0.15) is 33.6 Å². The lowest BCUT2D eigenvalue weighted by atomic mass is 10.1. The fraction of sp³-hybridized carbons (Fsp3) is 0.474. The fourth-order valence-corrected chi connectivity index (χ4v) is 3.66. The number of amides is 1. The lowest BCUT2D eigenvalue weighted by Crippen LogP contribution is -2.27. The van der Waals surface area contributed by atoms with Gasteiger partial charge in [-0.05, 0) is 23.6 Å². The summed E-state index contributed by atoms with van der Waals surface area (Å²) in [5.41, 5.74) is 3.60. The Labute approximate surface area is 152 Å². The average Bonchev–Trinajstić information content (AvgIpc) is 3.33. The van der Waals surface area contributed by atoms with Crippen LogP contribution in [0.25, 0.3) is 0 Å². The highest BCUT2D eigenvalue weighted by Crippen LogP contribution is 2.25. The molecule has 1 unspecified atom stereocenters. The van der Waals surface area contributed by atoms with Gasteiger partial charge >= 0.3 is 0 Å². The van der Waals surface area contributed by atoms with Crippen LogP contribution in [-0.2, 0) is 26.6 Å². The lowest BCUT2D eigenvalue weighted by Gasteiger charge is -2.14. The molecule has 0 spiro atoms. The smallest absolute Gasteiger partial charge is 0.272 e. The maximum atomic E-state index is 12.6. The molecule has 0 radical (unpaired) electrons. The van der Waals surface area contributed by atoms with Crippen molar-refractivity contribution in [1.29, 1.82) is 0 Å². The second kappa shape index (κ2) is 7.09. The number of likely N-dealkylation sites (tertiary alicyclic amines) is 1. The second-order valence-corrected chi connectivity index (χ2v) is 7.08. The minimum Gasteiger partial charge on any atom is -0.493 e. The molecule has 1 aromatic heterocycles. The molecule has 2 N–H and O–H groups in total. The first-order valence-electron chi connectivity index (χ1n) is 9.04. The third-order valence-corrected chi connectivity index (χ3v) is 4.97. The summed E-state index contributed by atoms with van der Waals surface area (Å²) < 4.78 is 7.19. The van der Waals surface area contributed by atoms with Crippen LogP contribution in [0.4, 0.5) is 0 Å². The Kier molecular flexibility index (Phi) is 4.65. The van der Waals surface area contributed by atoms with Crippen LogP contribution in [0.15, 0.2) is 24.4 Å². The van der Waals surface area contributed by atoms with E-state index in [1.165, 1.54) is 5.56 Å². The van der Waals surface area contributed by atoms with Gasteiger partial charge in [-0.15, -0.1) is 0 Å². The highest BCUT2D eigenvalue weighted by atomic mass is 16.5. The van der Waals surface area contributed by atoms with Gasteiger partial charge < -0.3 is 15.2 Å². The minimum absolute atomic E-state index is 0.169. The first kappa shape index (κ1) is 17.1. The Hall–Kier alpha value is -2.38. The summed E-state index contributed by atoms with van der Waals surface area (Å²) in [6.45, 7) is 3.31. The molecule has 26 heavy (non-hydrogen) atoms. The average molecular weight is 356 g/mol. The maximum Gasteiger partial charge on any atom is 0.272 e. The number of carbonyl (C=O) groups is 1. The first-order chi connectivity index (χ1) is 12.6. The van der Waals surface area contributed by atoms with E-state index in [0.717, 1.165) is 42.9 Å². The highest BCUT2D eigenvalue weighted by Gasteiger charge is 2.24. The Balaban J connectivity index is 1.41. The largest absolute Gasteiger partial charge is 0.493 e. The number of hydrogen-bond donors (Lipinski definition) is 2. The predicted octanol–water partition coefficient (Wildman–Crippen LogP) is 0.852. The van der Waals surface area contributed by atoms with E-state index in [4.69, 9.17) is 4.74 Å². The van der Waals surface area contributed by atoms with E-state index in [1.807, 2.05) is 25.4 Å². The number of aryl methyl sites for hydroxylation is 1. The quantitative estimate of drug-likeness (QED) is 0.830. The van der Waals surface area contributed by atoms with E-state index in [-0.39, 0.29) is 12.0 Å². The molecule has 4 rings (SSSR count). The molecule has 0 aliphatic carbocycles. The Morgan fingerprint density at radius 3 is 3.15 bits per heavy atom. The third-order valence-electron chi connectivity index (χ3n) is 4.97. The van der Waals surface area contributed by atoms with E-state index in [9.17, 15) is 9.90 Å². The van der Waals surface area contributed by atoms with Crippen LogP contribution in [0.5, 0.6) is 5.75 Å². The summed E-state index contributed by atoms with van der Waals surface area (Å²) in [5, 5.41) is 17.0. The van der Waals surface area contributed by atoms with Gasteiger partial charge in [-0.25, -0.2) is 0 Å². The van der Waals surface area contributed by atoms with Crippen LogP contribution in [0, 0.1) is 0 Å². The number of aromatic nitrogens is 2. The number of hydrogen-bond acceptors (Lipinski definition) is 5.